The summed E-state index contributed by atoms with van der Waals surface area (Å²) in [6.07, 6.45) is 7.91. The molecular formula is C17H20N6S2. The van der Waals surface area contributed by atoms with Crippen LogP contribution in [0.1, 0.15) is 22.5 Å². The van der Waals surface area contributed by atoms with Crippen LogP contribution in [0.4, 0.5) is 5.95 Å². The van der Waals surface area contributed by atoms with E-state index in [2.05, 4.69) is 30.2 Å². The Kier molecular flexibility index (Phi) is 6.19. The first-order chi connectivity index (χ1) is 12.2. The van der Waals surface area contributed by atoms with Crippen LogP contribution in [0.3, 0.4) is 0 Å². The lowest BCUT2D eigenvalue weighted by molar-refractivity contribution is 1.02. The largest absolute Gasteiger partial charge is 0.355 e. The highest BCUT2D eigenvalue weighted by atomic mass is 32.2. The topological polar surface area (TPSA) is 82.3 Å². The van der Waals surface area contributed by atoms with Gasteiger partial charge in [0.25, 0.3) is 0 Å². The Balaban J connectivity index is 1.46. The second kappa shape index (κ2) is 8.77. The molecule has 0 bridgehead atoms. The highest BCUT2D eigenvalue weighted by Crippen LogP contribution is 2.13. The Labute approximate surface area is 155 Å². The second-order valence-electron chi connectivity index (χ2n) is 5.58. The van der Waals surface area contributed by atoms with Crippen LogP contribution >= 0.6 is 24.0 Å². The van der Waals surface area contributed by atoms with Gasteiger partial charge in [-0.25, -0.2) is 9.97 Å². The first-order valence-corrected chi connectivity index (χ1v) is 9.56. The molecule has 0 saturated heterocycles. The molecule has 3 heterocycles. The number of H-pyrrole nitrogens is 2. The van der Waals surface area contributed by atoms with Crippen molar-refractivity contribution in [2.24, 2.45) is 0 Å². The maximum atomic E-state index is 5.44. The maximum Gasteiger partial charge on any atom is 0.201 e. The maximum absolute atomic E-state index is 5.44. The zero-order valence-electron chi connectivity index (χ0n) is 14.0. The van der Waals surface area contributed by atoms with E-state index in [1.165, 1.54) is 0 Å². The van der Waals surface area contributed by atoms with Crippen molar-refractivity contribution in [1.82, 2.24) is 24.9 Å². The molecule has 0 atom stereocenters. The number of rotatable bonds is 8. The van der Waals surface area contributed by atoms with Crippen molar-refractivity contribution in [2.75, 3.05) is 17.6 Å². The van der Waals surface area contributed by atoms with E-state index in [0.717, 1.165) is 47.0 Å². The highest BCUT2D eigenvalue weighted by molar-refractivity contribution is 7.98. The minimum atomic E-state index is 0.705. The lowest BCUT2D eigenvalue weighted by Gasteiger charge is -2.07. The number of aryl methyl sites for hydroxylation is 1. The second-order valence-corrected chi connectivity index (χ2v) is 7.09. The van der Waals surface area contributed by atoms with Gasteiger partial charge in [-0.05, 0) is 18.6 Å². The smallest absolute Gasteiger partial charge is 0.201 e. The molecule has 0 amide bonds. The summed E-state index contributed by atoms with van der Waals surface area (Å²) >= 11 is 7.27. The van der Waals surface area contributed by atoms with Gasteiger partial charge in [0.1, 0.15) is 4.64 Å². The van der Waals surface area contributed by atoms with Crippen LogP contribution in [0.15, 0.2) is 37.1 Å². The van der Waals surface area contributed by atoms with Crippen molar-refractivity contribution in [3.05, 3.63) is 64.2 Å². The number of aromatic nitrogens is 5. The van der Waals surface area contributed by atoms with Crippen LogP contribution < -0.4 is 5.32 Å². The van der Waals surface area contributed by atoms with Gasteiger partial charge in [0.05, 0.1) is 12.0 Å². The van der Waals surface area contributed by atoms with Gasteiger partial charge in [-0.3, -0.25) is 4.98 Å². The molecule has 0 aliphatic carbocycles. The van der Waals surface area contributed by atoms with E-state index >= 15 is 0 Å². The minimum Gasteiger partial charge on any atom is -0.355 e. The van der Waals surface area contributed by atoms with E-state index in [1.807, 2.05) is 43.2 Å². The van der Waals surface area contributed by atoms with Crippen LogP contribution in [-0.4, -0.2) is 37.2 Å². The third-order valence-electron chi connectivity index (χ3n) is 3.70. The molecule has 0 saturated carbocycles. The van der Waals surface area contributed by atoms with Crippen LogP contribution in [0, 0.1) is 11.6 Å². The van der Waals surface area contributed by atoms with E-state index in [9.17, 15) is 0 Å². The number of hydrogen-bond acceptors (Lipinski definition) is 6. The molecule has 3 rings (SSSR count). The summed E-state index contributed by atoms with van der Waals surface area (Å²) < 4.78 is 0.709. The first-order valence-electron chi connectivity index (χ1n) is 8.00. The molecule has 0 spiro atoms. The van der Waals surface area contributed by atoms with Crippen LogP contribution in [-0.2, 0) is 12.2 Å². The number of pyridine rings is 1. The Morgan fingerprint density at radius 3 is 2.92 bits per heavy atom. The van der Waals surface area contributed by atoms with Crippen molar-refractivity contribution in [1.29, 1.82) is 0 Å². The van der Waals surface area contributed by atoms with Crippen LogP contribution in [0.5, 0.6) is 0 Å². The van der Waals surface area contributed by atoms with E-state index in [0.29, 0.717) is 10.6 Å². The lowest BCUT2D eigenvalue weighted by atomic mass is 10.1. The molecule has 8 heteroatoms. The summed E-state index contributed by atoms with van der Waals surface area (Å²) in [6, 6.07) is 3.96. The van der Waals surface area contributed by atoms with E-state index in [4.69, 9.17) is 12.2 Å². The Bertz CT molecular complexity index is 859. The normalized spacial score (nSPS) is 10.8. The molecule has 0 aliphatic rings. The number of imidazole rings is 1. The minimum absolute atomic E-state index is 0.705. The van der Waals surface area contributed by atoms with Crippen molar-refractivity contribution in [3.63, 3.8) is 0 Å². The van der Waals surface area contributed by atoms with Crippen molar-refractivity contribution in [3.8, 4) is 0 Å². The van der Waals surface area contributed by atoms with Crippen LogP contribution in [0.25, 0.3) is 0 Å². The summed E-state index contributed by atoms with van der Waals surface area (Å²) in [7, 11) is 0. The molecule has 0 fully saturated rings. The molecule has 3 aromatic heterocycles. The number of aromatic amines is 2. The average molecular weight is 373 g/mol. The van der Waals surface area contributed by atoms with Crippen molar-refractivity contribution >= 4 is 29.9 Å². The predicted molar refractivity (Wildman–Crippen MR) is 104 cm³/mol. The zero-order chi connectivity index (χ0) is 17.5. The average Bonchev–Trinajstić information content (AvgIpc) is 3.03. The van der Waals surface area contributed by atoms with Crippen molar-refractivity contribution < 1.29 is 0 Å². The molecule has 0 unspecified atom stereocenters. The summed E-state index contributed by atoms with van der Waals surface area (Å²) in [5.41, 5.74) is 4.37. The van der Waals surface area contributed by atoms with Gasteiger partial charge >= 0.3 is 0 Å². The fourth-order valence-electron chi connectivity index (χ4n) is 2.30. The molecule has 130 valence electrons. The molecule has 25 heavy (non-hydrogen) atoms. The van der Waals surface area contributed by atoms with Crippen molar-refractivity contribution in [2.45, 2.75) is 19.1 Å². The van der Waals surface area contributed by atoms with Gasteiger partial charge in [-0.1, -0.05) is 18.3 Å². The quantitative estimate of drug-likeness (QED) is 0.415. The molecule has 0 radical (unpaired) electrons. The third kappa shape index (κ3) is 5.14. The standard InChI is InChI=1S/C17H20N6S2/c1-12-15(22-11-21-12)10-25-6-5-19-17-20-9-14(16(24)23-17)7-13-3-2-4-18-8-13/h2-4,8-9,11H,5-7,10H2,1H3,(H,21,22)(H2,19,20,23,24). The Morgan fingerprint density at radius 2 is 2.20 bits per heavy atom. The molecular weight excluding hydrogens is 352 g/mol. The molecule has 6 nitrogen and oxygen atoms in total. The summed E-state index contributed by atoms with van der Waals surface area (Å²) in [4.78, 5) is 19.1. The third-order valence-corrected chi connectivity index (χ3v) is 5.04. The van der Waals surface area contributed by atoms with Gasteiger partial charge in [0, 0.05) is 54.3 Å². The van der Waals surface area contributed by atoms with Gasteiger partial charge in [0.15, 0.2) is 0 Å². The highest BCUT2D eigenvalue weighted by Gasteiger charge is 2.03. The number of nitrogens with one attached hydrogen (secondary N) is 3. The van der Waals surface area contributed by atoms with E-state index < -0.39 is 0 Å². The van der Waals surface area contributed by atoms with Gasteiger partial charge in [-0.2, -0.15) is 11.8 Å². The molecule has 3 aromatic rings. The fourth-order valence-corrected chi connectivity index (χ4v) is 3.40. The SMILES string of the molecule is Cc1[nH]cnc1CSCCNc1ncc(Cc2cccnc2)c(=S)[nH]1. The van der Waals surface area contributed by atoms with E-state index in [-0.39, 0.29) is 0 Å². The van der Waals surface area contributed by atoms with Gasteiger partial charge in [-0.15, -0.1) is 0 Å². The molecule has 3 N–H and O–H groups in total. The summed E-state index contributed by atoms with van der Waals surface area (Å²) in [6.45, 7) is 2.85. The molecule has 0 aliphatic heterocycles. The fraction of sp³-hybridized carbons (Fsp3) is 0.294. The Morgan fingerprint density at radius 1 is 1.28 bits per heavy atom. The summed E-state index contributed by atoms with van der Waals surface area (Å²) in [5, 5.41) is 3.28. The van der Waals surface area contributed by atoms with Gasteiger partial charge < -0.3 is 15.3 Å². The Hall–Kier alpha value is -2.19. The number of anilines is 1. The van der Waals surface area contributed by atoms with Crippen LogP contribution in [0.2, 0.25) is 0 Å². The summed E-state index contributed by atoms with van der Waals surface area (Å²) in [5.74, 6) is 2.58. The van der Waals surface area contributed by atoms with E-state index in [1.54, 1.807) is 12.5 Å². The number of nitrogens with zero attached hydrogens (tertiary/aromatic N) is 3. The predicted octanol–water partition coefficient (Wildman–Crippen LogP) is 3.50. The lowest BCUT2D eigenvalue weighted by Crippen LogP contribution is -2.08. The molecule has 0 aromatic carbocycles. The first kappa shape index (κ1) is 17.6. The zero-order valence-corrected chi connectivity index (χ0v) is 15.6. The number of hydrogen-bond donors (Lipinski definition) is 3. The monoisotopic (exact) mass is 372 g/mol. The van der Waals surface area contributed by atoms with Gasteiger partial charge in [0.2, 0.25) is 5.95 Å². The number of thioether (sulfide) groups is 1.